The minimum Gasteiger partial charge on any atom is -0.507 e. The summed E-state index contributed by atoms with van der Waals surface area (Å²) in [6, 6.07) is 17.3. The number of ketones is 1. The second-order valence-corrected chi connectivity index (χ2v) is 9.03. The lowest BCUT2D eigenvalue weighted by Gasteiger charge is -2.26. The molecule has 0 spiro atoms. The summed E-state index contributed by atoms with van der Waals surface area (Å²) in [5.41, 5.74) is 2.28. The Hall–Kier alpha value is -4.10. The number of hydrogen-bond donors (Lipinski definition) is 1. The quantitative estimate of drug-likeness (QED) is 0.182. The van der Waals surface area contributed by atoms with Gasteiger partial charge in [-0.3, -0.25) is 14.5 Å². The molecular weight excluding hydrogens is 494 g/mol. The lowest BCUT2D eigenvalue weighted by atomic mass is 9.94. The van der Waals surface area contributed by atoms with Crippen molar-refractivity contribution in [2.45, 2.75) is 26.3 Å². The number of halogens is 1. The first-order chi connectivity index (χ1) is 17.8. The van der Waals surface area contributed by atoms with Gasteiger partial charge in [-0.2, -0.15) is 0 Å². The summed E-state index contributed by atoms with van der Waals surface area (Å²) in [6.07, 6.45) is 0.669. The molecule has 3 aromatic rings. The Kier molecular flexibility index (Phi) is 7.64. The second-order valence-electron chi connectivity index (χ2n) is 8.62. The molecule has 1 fully saturated rings. The van der Waals surface area contributed by atoms with E-state index in [9.17, 15) is 19.5 Å². The van der Waals surface area contributed by atoms with Crippen molar-refractivity contribution >= 4 is 40.7 Å². The van der Waals surface area contributed by atoms with Crippen LogP contribution in [-0.4, -0.2) is 36.5 Å². The van der Waals surface area contributed by atoms with E-state index < -0.39 is 23.7 Å². The number of aliphatic hydroxyl groups is 1. The van der Waals surface area contributed by atoms with Crippen molar-refractivity contribution in [1.29, 1.82) is 0 Å². The highest BCUT2D eigenvalue weighted by molar-refractivity contribution is 6.51. The molecule has 1 aliphatic heterocycles. The monoisotopic (exact) mass is 519 g/mol. The van der Waals surface area contributed by atoms with E-state index in [-0.39, 0.29) is 34.1 Å². The highest BCUT2D eigenvalue weighted by atomic mass is 35.5. The summed E-state index contributed by atoms with van der Waals surface area (Å²) >= 11 is 6.26. The van der Waals surface area contributed by atoms with E-state index in [1.807, 2.05) is 32.0 Å². The van der Waals surface area contributed by atoms with Gasteiger partial charge in [-0.15, -0.1) is 0 Å². The van der Waals surface area contributed by atoms with E-state index in [4.69, 9.17) is 21.1 Å². The van der Waals surface area contributed by atoms with E-state index in [0.29, 0.717) is 23.4 Å². The number of Topliss-reactive ketones (excluding diaryl/α,β-unsaturated/α-hetero) is 1. The van der Waals surface area contributed by atoms with Crippen molar-refractivity contribution < 1.29 is 29.0 Å². The van der Waals surface area contributed by atoms with Gasteiger partial charge in [0.05, 0.1) is 35.9 Å². The average molecular weight is 520 g/mol. The number of carbonyl (C=O) groups is 3. The molecule has 1 amide bonds. The number of amides is 1. The summed E-state index contributed by atoms with van der Waals surface area (Å²) in [6.45, 7) is 4.05. The van der Waals surface area contributed by atoms with E-state index in [2.05, 4.69) is 0 Å². The van der Waals surface area contributed by atoms with Gasteiger partial charge in [-0.1, -0.05) is 54.4 Å². The van der Waals surface area contributed by atoms with Crippen molar-refractivity contribution in [2.24, 2.45) is 0 Å². The summed E-state index contributed by atoms with van der Waals surface area (Å²) in [5.74, 6) is -2.17. The van der Waals surface area contributed by atoms with Crippen LogP contribution < -0.4 is 9.64 Å². The van der Waals surface area contributed by atoms with Crippen LogP contribution >= 0.6 is 11.6 Å². The van der Waals surface area contributed by atoms with Crippen LogP contribution in [0.5, 0.6) is 5.75 Å². The predicted molar refractivity (Wildman–Crippen MR) is 141 cm³/mol. The fraction of sp³-hybridized carbons (Fsp3) is 0.207. The molecule has 4 rings (SSSR count). The summed E-state index contributed by atoms with van der Waals surface area (Å²) < 4.78 is 10.4. The normalized spacial score (nSPS) is 16.6. The number of aliphatic hydroxyl groups excluding tert-OH is 1. The molecule has 3 aromatic carbocycles. The number of methoxy groups -OCH3 is 1. The van der Waals surface area contributed by atoms with Crippen molar-refractivity contribution in [3.63, 3.8) is 0 Å². The molecule has 1 aliphatic rings. The van der Waals surface area contributed by atoms with Gasteiger partial charge >= 0.3 is 5.97 Å². The van der Waals surface area contributed by atoms with Crippen LogP contribution in [-0.2, 0) is 14.3 Å². The van der Waals surface area contributed by atoms with E-state index in [0.717, 1.165) is 5.56 Å². The molecule has 0 radical (unpaired) electrons. The number of aryl methyl sites for hydroxylation is 1. The Labute approximate surface area is 219 Å². The second kappa shape index (κ2) is 10.9. The number of esters is 1. The molecule has 1 saturated heterocycles. The smallest absolute Gasteiger partial charge is 0.338 e. The number of anilines is 1. The largest absolute Gasteiger partial charge is 0.507 e. The maximum atomic E-state index is 13.4. The Morgan fingerprint density at radius 1 is 1.03 bits per heavy atom. The molecule has 0 aliphatic carbocycles. The van der Waals surface area contributed by atoms with Crippen LogP contribution in [0.2, 0.25) is 5.02 Å². The molecule has 1 heterocycles. The Bertz CT molecular complexity index is 1410. The Morgan fingerprint density at radius 2 is 1.78 bits per heavy atom. The zero-order valence-corrected chi connectivity index (χ0v) is 21.4. The fourth-order valence-electron chi connectivity index (χ4n) is 4.28. The van der Waals surface area contributed by atoms with Gasteiger partial charge < -0.3 is 14.6 Å². The van der Waals surface area contributed by atoms with Gasteiger partial charge in [0.2, 0.25) is 0 Å². The van der Waals surface area contributed by atoms with Crippen LogP contribution in [0.3, 0.4) is 0 Å². The molecule has 7 nitrogen and oxygen atoms in total. The Balaban J connectivity index is 1.89. The summed E-state index contributed by atoms with van der Waals surface area (Å²) in [4.78, 5) is 40.6. The van der Waals surface area contributed by atoms with E-state index >= 15 is 0 Å². The minimum atomic E-state index is -0.942. The highest BCUT2D eigenvalue weighted by Crippen LogP contribution is 2.43. The lowest BCUT2D eigenvalue weighted by Crippen LogP contribution is -2.29. The number of ether oxygens (including phenoxy) is 2. The topological polar surface area (TPSA) is 93.1 Å². The van der Waals surface area contributed by atoms with Crippen LogP contribution in [0.1, 0.15) is 46.4 Å². The van der Waals surface area contributed by atoms with Crippen molar-refractivity contribution in [3.8, 4) is 5.75 Å². The summed E-state index contributed by atoms with van der Waals surface area (Å²) in [7, 11) is 1.47. The van der Waals surface area contributed by atoms with Gasteiger partial charge in [-0.25, -0.2) is 4.79 Å². The van der Waals surface area contributed by atoms with Crippen molar-refractivity contribution in [3.05, 3.63) is 99.6 Å². The Morgan fingerprint density at radius 3 is 2.46 bits per heavy atom. The molecular formula is C29H26ClNO6. The number of hydrogen-bond acceptors (Lipinski definition) is 6. The minimum absolute atomic E-state index is 0.0872. The van der Waals surface area contributed by atoms with Gasteiger partial charge in [0, 0.05) is 11.3 Å². The first-order valence-electron chi connectivity index (χ1n) is 11.8. The molecule has 8 heteroatoms. The molecule has 0 bridgehead atoms. The van der Waals surface area contributed by atoms with Crippen molar-refractivity contribution in [1.82, 2.24) is 0 Å². The van der Waals surface area contributed by atoms with Crippen LogP contribution in [0.15, 0.2) is 72.3 Å². The number of benzene rings is 3. The number of carbonyl (C=O) groups excluding carboxylic acids is 3. The van der Waals surface area contributed by atoms with Gasteiger partial charge in [-0.05, 0) is 55.3 Å². The van der Waals surface area contributed by atoms with Gasteiger partial charge in [0.15, 0.2) is 0 Å². The highest BCUT2D eigenvalue weighted by Gasteiger charge is 2.47. The van der Waals surface area contributed by atoms with Gasteiger partial charge in [0.1, 0.15) is 11.5 Å². The molecule has 1 unspecified atom stereocenters. The van der Waals surface area contributed by atoms with Crippen molar-refractivity contribution in [2.75, 3.05) is 18.6 Å². The molecule has 0 aromatic heterocycles. The molecule has 190 valence electrons. The predicted octanol–water partition coefficient (Wildman–Crippen LogP) is 5.85. The fourth-order valence-corrected chi connectivity index (χ4v) is 4.54. The maximum Gasteiger partial charge on any atom is 0.338 e. The third kappa shape index (κ3) is 5.08. The lowest BCUT2D eigenvalue weighted by molar-refractivity contribution is -0.132. The zero-order valence-electron chi connectivity index (χ0n) is 20.7. The molecule has 1 N–H and O–H groups in total. The van der Waals surface area contributed by atoms with E-state index in [1.165, 1.54) is 24.1 Å². The zero-order chi connectivity index (χ0) is 26.7. The molecule has 37 heavy (non-hydrogen) atoms. The first kappa shape index (κ1) is 26.0. The van der Waals surface area contributed by atoms with E-state index in [1.54, 1.807) is 36.4 Å². The molecule has 1 atom stereocenters. The number of nitrogens with zero attached hydrogens (tertiary/aromatic N) is 1. The third-order valence-electron chi connectivity index (χ3n) is 6.02. The molecule has 0 saturated carbocycles. The summed E-state index contributed by atoms with van der Waals surface area (Å²) in [5, 5.41) is 11.6. The third-order valence-corrected chi connectivity index (χ3v) is 6.32. The first-order valence-corrected chi connectivity index (χ1v) is 12.1. The number of rotatable bonds is 7. The van der Waals surface area contributed by atoms with Crippen LogP contribution in [0, 0.1) is 6.92 Å². The average Bonchev–Trinajstić information content (AvgIpc) is 3.17. The standard InChI is InChI=1S/C29H26ClNO6/c1-4-13-37-29(35)20-9-6-10-21(15-20)31-25(18-8-5-7-17(2)14-18)24(27(33)28(31)34)26(32)19-11-12-23(36-3)22(30)16-19/h5-12,14-16,25,32H,4,13H2,1-3H3/b26-24+. The van der Waals surface area contributed by atoms with Crippen LogP contribution in [0.25, 0.3) is 5.76 Å². The maximum absolute atomic E-state index is 13.4. The van der Waals surface area contributed by atoms with Crippen LogP contribution in [0.4, 0.5) is 5.69 Å². The van der Waals surface area contributed by atoms with Gasteiger partial charge in [0.25, 0.3) is 11.7 Å². The SMILES string of the molecule is CCCOC(=O)c1cccc(N2C(=O)C(=O)/C(=C(/O)c3ccc(OC)c(Cl)c3)C2c2cccc(C)c2)c1.